The molecule has 4 aromatic rings. The van der Waals surface area contributed by atoms with Gasteiger partial charge in [0.25, 0.3) is 11.8 Å². The molecule has 11 heteroatoms. The van der Waals surface area contributed by atoms with Gasteiger partial charge in [0.15, 0.2) is 0 Å². The molecule has 1 aliphatic carbocycles. The van der Waals surface area contributed by atoms with Crippen molar-refractivity contribution in [3.05, 3.63) is 117 Å². The van der Waals surface area contributed by atoms with E-state index >= 15 is 0 Å². The molecule has 0 spiro atoms. The molecule has 10 nitrogen and oxygen atoms in total. The van der Waals surface area contributed by atoms with E-state index in [1.165, 1.54) is 18.4 Å². The van der Waals surface area contributed by atoms with Gasteiger partial charge in [0, 0.05) is 47.8 Å². The summed E-state index contributed by atoms with van der Waals surface area (Å²) in [6.07, 6.45) is 8.12. The van der Waals surface area contributed by atoms with Crippen LogP contribution in [-0.4, -0.2) is 71.1 Å². The molecular formula is C44H52N4O6S. The van der Waals surface area contributed by atoms with Gasteiger partial charge >= 0.3 is 12.1 Å². The summed E-state index contributed by atoms with van der Waals surface area (Å²) in [5.41, 5.74) is 6.53. The quantitative estimate of drug-likeness (QED) is 0.103. The SMILES string of the molecule is CCC(CC)N(Cc1cccc(C(=O)Nc2sc3c(c2C(=O)Nc2ccc(CCc4ccc(C(=O)OC)cc4)cc2)CCCC3)c1)C[C@@H]1CCCN1C(=O)O. The van der Waals surface area contributed by atoms with Crippen LogP contribution < -0.4 is 10.6 Å². The van der Waals surface area contributed by atoms with Crippen molar-refractivity contribution >= 4 is 45.9 Å². The van der Waals surface area contributed by atoms with Crippen LogP contribution in [0.3, 0.4) is 0 Å². The third-order valence-corrected chi connectivity index (χ3v) is 12.2. The smallest absolute Gasteiger partial charge is 0.407 e. The molecule has 3 amide bonds. The highest BCUT2D eigenvalue weighted by atomic mass is 32.1. The van der Waals surface area contributed by atoms with Crippen molar-refractivity contribution in [2.45, 2.75) is 96.7 Å². The number of carbonyl (C=O) groups is 4. The van der Waals surface area contributed by atoms with Crippen molar-refractivity contribution in [1.82, 2.24) is 9.80 Å². The van der Waals surface area contributed by atoms with Crippen LogP contribution in [0.25, 0.3) is 0 Å². The zero-order valence-corrected chi connectivity index (χ0v) is 32.9. The van der Waals surface area contributed by atoms with Gasteiger partial charge < -0.3 is 25.4 Å². The number of thiophene rings is 1. The molecule has 55 heavy (non-hydrogen) atoms. The fourth-order valence-electron chi connectivity index (χ4n) is 7.97. The number of hydrogen-bond acceptors (Lipinski definition) is 7. The van der Waals surface area contributed by atoms with Crippen LogP contribution in [-0.2, 0) is 37.0 Å². The van der Waals surface area contributed by atoms with E-state index in [-0.39, 0.29) is 23.8 Å². The number of nitrogens with zero attached hydrogens (tertiary/aromatic N) is 2. The van der Waals surface area contributed by atoms with Crippen molar-refractivity contribution in [2.24, 2.45) is 0 Å². The van der Waals surface area contributed by atoms with Gasteiger partial charge in [0.1, 0.15) is 5.00 Å². The van der Waals surface area contributed by atoms with Crippen LogP contribution in [0, 0.1) is 0 Å². The third-order valence-electron chi connectivity index (χ3n) is 11.0. The van der Waals surface area contributed by atoms with Crippen LogP contribution in [0.5, 0.6) is 0 Å². The Bertz CT molecular complexity index is 1970. The highest BCUT2D eigenvalue weighted by Crippen LogP contribution is 2.39. The van der Waals surface area contributed by atoms with E-state index in [2.05, 4.69) is 29.4 Å². The van der Waals surface area contributed by atoms with Crippen LogP contribution in [0.2, 0.25) is 0 Å². The van der Waals surface area contributed by atoms with E-state index in [1.807, 2.05) is 54.6 Å². The molecule has 1 atom stereocenters. The van der Waals surface area contributed by atoms with Crippen LogP contribution in [0.1, 0.15) is 111 Å². The molecule has 0 bridgehead atoms. The minimum Gasteiger partial charge on any atom is -0.465 e. The average Bonchev–Trinajstić information content (AvgIpc) is 3.82. The molecule has 3 aromatic carbocycles. The van der Waals surface area contributed by atoms with Gasteiger partial charge in [0.2, 0.25) is 0 Å². The predicted molar refractivity (Wildman–Crippen MR) is 217 cm³/mol. The van der Waals surface area contributed by atoms with Gasteiger partial charge in [-0.05, 0) is 123 Å². The number of methoxy groups -OCH3 is 1. The van der Waals surface area contributed by atoms with E-state index in [1.54, 1.807) is 23.1 Å². The Morgan fingerprint density at radius 3 is 2.22 bits per heavy atom. The number of carboxylic acid groups (broad SMARTS) is 1. The van der Waals surface area contributed by atoms with E-state index in [0.717, 1.165) is 91.3 Å². The van der Waals surface area contributed by atoms with Crippen LogP contribution in [0.4, 0.5) is 15.5 Å². The van der Waals surface area contributed by atoms with Gasteiger partial charge in [-0.2, -0.15) is 0 Å². The first-order valence-electron chi connectivity index (χ1n) is 19.5. The molecule has 1 fully saturated rings. The summed E-state index contributed by atoms with van der Waals surface area (Å²) in [7, 11) is 1.37. The first-order valence-corrected chi connectivity index (χ1v) is 20.3. The number of amides is 3. The van der Waals surface area contributed by atoms with Crippen molar-refractivity contribution in [2.75, 3.05) is 30.8 Å². The zero-order chi connectivity index (χ0) is 38.9. The Morgan fingerprint density at radius 2 is 1.55 bits per heavy atom. The number of likely N-dealkylation sites (tertiary alicyclic amines) is 1. The van der Waals surface area contributed by atoms with Gasteiger partial charge in [-0.25, -0.2) is 9.59 Å². The molecule has 2 heterocycles. The Labute approximate surface area is 327 Å². The summed E-state index contributed by atoms with van der Waals surface area (Å²) in [6, 6.07) is 23.2. The lowest BCUT2D eigenvalue weighted by Gasteiger charge is -2.35. The molecular weight excluding hydrogens is 713 g/mol. The molecule has 0 radical (unpaired) electrons. The summed E-state index contributed by atoms with van der Waals surface area (Å²) in [4.78, 5) is 56.5. The maximum absolute atomic E-state index is 13.9. The Hall–Kier alpha value is -5.00. The number of aryl methyl sites for hydroxylation is 3. The fraction of sp³-hybridized carbons (Fsp3) is 0.409. The molecule has 6 rings (SSSR count). The first kappa shape index (κ1) is 39.7. The monoisotopic (exact) mass is 764 g/mol. The number of anilines is 2. The molecule has 0 saturated carbocycles. The molecule has 1 aromatic heterocycles. The maximum Gasteiger partial charge on any atom is 0.407 e. The number of benzene rings is 3. The van der Waals surface area contributed by atoms with Crippen LogP contribution in [0.15, 0.2) is 72.8 Å². The van der Waals surface area contributed by atoms with E-state index in [4.69, 9.17) is 4.74 Å². The minimum absolute atomic E-state index is 0.0398. The second-order valence-corrected chi connectivity index (χ2v) is 15.7. The summed E-state index contributed by atoms with van der Waals surface area (Å²) < 4.78 is 4.78. The Kier molecular flexibility index (Phi) is 13.4. The molecule has 1 saturated heterocycles. The molecule has 290 valence electrons. The molecule has 1 aliphatic heterocycles. The van der Waals surface area contributed by atoms with E-state index < -0.39 is 6.09 Å². The molecule has 0 unspecified atom stereocenters. The Balaban J connectivity index is 1.13. The highest BCUT2D eigenvalue weighted by Gasteiger charge is 2.32. The fourth-order valence-corrected chi connectivity index (χ4v) is 9.25. The summed E-state index contributed by atoms with van der Waals surface area (Å²) in [6.45, 7) is 6.17. The lowest BCUT2D eigenvalue weighted by atomic mass is 9.95. The first-order chi connectivity index (χ1) is 26.7. The lowest BCUT2D eigenvalue weighted by molar-refractivity contribution is 0.0600. The minimum atomic E-state index is -0.860. The van der Waals surface area contributed by atoms with Crippen molar-refractivity contribution in [3.8, 4) is 0 Å². The van der Waals surface area contributed by atoms with E-state index in [0.29, 0.717) is 53.1 Å². The highest BCUT2D eigenvalue weighted by molar-refractivity contribution is 7.17. The lowest BCUT2D eigenvalue weighted by Crippen LogP contribution is -2.45. The number of ether oxygens (including phenoxy) is 1. The number of esters is 1. The molecule has 3 N–H and O–H groups in total. The molecule has 2 aliphatic rings. The maximum atomic E-state index is 13.9. The predicted octanol–water partition coefficient (Wildman–Crippen LogP) is 8.84. The number of rotatable bonds is 15. The normalized spacial score (nSPS) is 15.2. The van der Waals surface area contributed by atoms with Crippen molar-refractivity contribution in [1.29, 1.82) is 0 Å². The van der Waals surface area contributed by atoms with Crippen molar-refractivity contribution in [3.63, 3.8) is 0 Å². The van der Waals surface area contributed by atoms with E-state index in [9.17, 15) is 24.3 Å². The number of fused-ring (bicyclic) bond motifs is 1. The van der Waals surface area contributed by atoms with Gasteiger partial charge in [0.05, 0.1) is 18.2 Å². The number of nitrogens with one attached hydrogen (secondary N) is 2. The summed E-state index contributed by atoms with van der Waals surface area (Å²) in [5.74, 6) is -0.846. The largest absolute Gasteiger partial charge is 0.465 e. The second-order valence-electron chi connectivity index (χ2n) is 14.6. The van der Waals surface area contributed by atoms with Gasteiger partial charge in [-0.1, -0.05) is 50.2 Å². The van der Waals surface area contributed by atoms with Gasteiger partial charge in [-0.3, -0.25) is 14.5 Å². The van der Waals surface area contributed by atoms with Crippen LogP contribution >= 0.6 is 11.3 Å². The second kappa shape index (κ2) is 18.6. The topological polar surface area (TPSA) is 128 Å². The van der Waals surface area contributed by atoms with Crippen molar-refractivity contribution < 1.29 is 29.0 Å². The standard InChI is InChI=1S/C44H52N4O6S/c1-4-35(5-2)47(28-36-12-9-25-48(36)44(52)53)27-31-10-8-11-33(26-31)40(49)46-42-39(37-13-6-7-14-38(37)55-42)41(50)45-34-23-19-30(20-24-34)16-15-29-17-21-32(22-18-29)43(51)54-3/h8,10-11,17-24,26,35-36H,4-7,9,12-16,25,27-28H2,1-3H3,(H,45,50)(H,46,49)(H,52,53)/t36-/m0/s1. The Morgan fingerprint density at radius 1 is 0.855 bits per heavy atom. The number of carbonyl (C=O) groups excluding carboxylic acids is 3. The zero-order valence-electron chi connectivity index (χ0n) is 32.1. The summed E-state index contributed by atoms with van der Waals surface area (Å²) >= 11 is 1.50. The third kappa shape index (κ3) is 9.82. The number of hydrogen-bond donors (Lipinski definition) is 3. The average molecular weight is 765 g/mol. The van der Waals surface area contributed by atoms with Gasteiger partial charge in [-0.15, -0.1) is 11.3 Å². The summed E-state index contributed by atoms with van der Waals surface area (Å²) in [5, 5.41) is 16.5.